The molecule has 0 heterocycles. The van der Waals surface area contributed by atoms with Gasteiger partial charge in [-0.1, -0.05) is 29.8 Å². The highest BCUT2D eigenvalue weighted by Gasteiger charge is 2.18. The number of nitrogens with one attached hydrogen (secondary N) is 1. The van der Waals surface area contributed by atoms with Crippen LogP contribution in [0, 0.1) is 0 Å². The summed E-state index contributed by atoms with van der Waals surface area (Å²) in [5.41, 5.74) is 1.77. The number of halogens is 2. The molecule has 0 amide bonds. The first kappa shape index (κ1) is 22.9. The Bertz CT molecular complexity index is 806. The summed E-state index contributed by atoms with van der Waals surface area (Å²) in [6, 6.07) is 10.6. The van der Waals surface area contributed by atoms with Crippen molar-refractivity contribution in [2.24, 2.45) is 0 Å². The van der Waals surface area contributed by atoms with E-state index in [4.69, 9.17) is 21.1 Å². The number of hydrogen-bond donors (Lipinski definition) is 2. The molecule has 0 saturated heterocycles. The van der Waals surface area contributed by atoms with Crippen molar-refractivity contribution >= 4 is 45.3 Å². The Balaban J connectivity index is 2.09. The number of thioether (sulfide) groups is 1. The van der Waals surface area contributed by atoms with Crippen LogP contribution in [-0.4, -0.2) is 36.2 Å². The SMILES string of the molecule is COc1cc(CNC(CCSC)C(=O)O)cc(Br)c1OCc1ccccc1Cl. The minimum Gasteiger partial charge on any atom is -0.493 e. The zero-order chi connectivity index (χ0) is 20.5. The Kier molecular flexibility index (Phi) is 9.44. The van der Waals surface area contributed by atoms with Crippen LogP contribution in [0.15, 0.2) is 40.9 Å². The predicted octanol–water partition coefficient (Wildman–Crippen LogP) is 4.99. The van der Waals surface area contributed by atoms with Gasteiger partial charge in [0.15, 0.2) is 11.5 Å². The zero-order valence-electron chi connectivity index (χ0n) is 15.7. The molecule has 2 rings (SSSR count). The van der Waals surface area contributed by atoms with Gasteiger partial charge in [-0.15, -0.1) is 0 Å². The summed E-state index contributed by atoms with van der Waals surface area (Å²) in [5, 5.41) is 13.1. The number of hydrogen-bond acceptors (Lipinski definition) is 5. The Morgan fingerprint density at radius 2 is 2.11 bits per heavy atom. The maximum Gasteiger partial charge on any atom is 0.320 e. The second-order valence-electron chi connectivity index (χ2n) is 6.04. The van der Waals surface area contributed by atoms with Crippen molar-refractivity contribution in [2.75, 3.05) is 19.1 Å². The fraction of sp³-hybridized carbons (Fsp3) is 0.350. The highest BCUT2D eigenvalue weighted by molar-refractivity contribution is 9.10. The van der Waals surface area contributed by atoms with Gasteiger partial charge in [-0.25, -0.2) is 0 Å². The molecule has 2 N–H and O–H groups in total. The normalized spacial score (nSPS) is 11.9. The summed E-state index contributed by atoms with van der Waals surface area (Å²) in [6.07, 6.45) is 2.52. The lowest BCUT2D eigenvalue weighted by Gasteiger charge is -2.17. The van der Waals surface area contributed by atoms with Crippen LogP contribution >= 0.6 is 39.3 Å². The van der Waals surface area contributed by atoms with Crippen molar-refractivity contribution in [3.63, 3.8) is 0 Å². The molecule has 0 aliphatic carbocycles. The number of carboxylic acids is 1. The Morgan fingerprint density at radius 1 is 1.36 bits per heavy atom. The van der Waals surface area contributed by atoms with E-state index in [9.17, 15) is 9.90 Å². The van der Waals surface area contributed by atoms with Crippen molar-refractivity contribution in [3.05, 3.63) is 57.0 Å². The van der Waals surface area contributed by atoms with E-state index < -0.39 is 12.0 Å². The lowest BCUT2D eigenvalue weighted by molar-refractivity contribution is -0.139. The predicted molar refractivity (Wildman–Crippen MR) is 118 cm³/mol. The molecule has 0 fully saturated rings. The zero-order valence-corrected chi connectivity index (χ0v) is 18.9. The molecular formula is C20H23BrClNO4S. The summed E-state index contributed by atoms with van der Waals surface area (Å²) in [7, 11) is 1.57. The Labute approximate surface area is 182 Å². The van der Waals surface area contributed by atoms with E-state index >= 15 is 0 Å². The highest BCUT2D eigenvalue weighted by Crippen LogP contribution is 2.37. The standard InChI is InChI=1S/C20H23BrClNO4S/c1-26-18-10-13(11-23-17(20(24)25)7-8-28-2)9-15(21)19(18)27-12-14-5-3-4-6-16(14)22/h3-6,9-10,17,23H,7-8,11-12H2,1-2H3,(H,24,25). The van der Waals surface area contributed by atoms with Gasteiger partial charge >= 0.3 is 5.97 Å². The largest absolute Gasteiger partial charge is 0.493 e. The van der Waals surface area contributed by atoms with E-state index in [1.165, 1.54) is 0 Å². The van der Waals surface area contributed by atoms with Crippen molar-refractivity contribution in [2.45, 2.75) is 25.6 Å². The average Bonchev–Trinajstić information content (AvgIpc) is 2.67. The van der Waals surface area contributed by atoms with E-state index in [0.29, 0.717) is 36.1 Å². The number of ether oxygens (including phenoxy) is 2. The monoisotopic (exact) mass is 487 g/mol. The number of methoxy groups -OCH3 is 1. The van der Waals surface area contributed by atoms with Crippen LogP contribution < -0.4 is 14.8 Å². The molecule has 0 aliphatic rings. The van der Waals surface area contributed by atoms with Gasteiger partial charge < -0.3 is 19.9 Å². The molecule has 2 aromatic rings. The number of benzene rings is 2. The first-order valence-electron chi connectivity index (χ1n) is 8.64. The van der Waals surface area contributed by atoms with E-state index in [0.717, 1.165) is 21.4 Å². The highest BCUT2D eigenvalue weighted by atomic mass is 79.9. The molecule has 8 heteroatoms. The number of carboxylic acid groups (broad SMARTS) is 1. The third-order valence-corrected chi connectivity index (χ3v) is 5.68. The van der Waals surface area contributed by atoms with Gasteiger partial charge in [-0.2, -0.15) is 11.8 Å². The first-order chi connectivity index (χ1) is 13.5. The molecule has 5 nitrogen and oxygen atoms in total. The fourth-order valence-electron chi connectivity index (χ4n) is 2.57. The minimum absolute atomic E-state index is 0.308. The van der Waals surface area contributed by atoms with E-state index in [2.05, 4.69) is 21.2 Å². The van der Waals surface area contributed by atoms with Gasteiger partial charge in [0.1, 0.15) is 12.6 Å². The Morgan fingerprint density at radius 3 is 2.75 bits per heavy atom. The summed E-state index contributed by atoms with van der Waals surface area (Å²) in [5.74, 6) is 1.07. The van der Waals surface area contributed by atoms with Crippen molar-refractivity contribution in [1.82, 2.24) is 5.32 Å². The van der Waals surface area contributed by atoms with Crippen LogP contribution in [-0.2, 0) is 17.9 Å². The molecule has 2 aromatic carbocycles. The van der Waals surface area contributed by atoms with Gasteiger partial charge in [0.2, 0.25) is 0 Å². The van der Waals surface area contributed by atoms with Crippen LogP contribution in [0.5, 0.6) is 11.5 Å². The first-order valence-corrected chi connectivity index (χ1v) is 11.2. The van der Waals surface area contributed by atoms with Gasteiger partial charge in [-0.3, -0.25) is 4.79 Å². The van der Waals surface area contributed by atoms with Crippen LogP contribution in [0.25, 0.3) is 0 Å². The minimum atomic E-state index is -0.847. The number of carbonyl (C=O) groups is 1. The van der Waals surface area contributed by atoms with Gasteiger partial charge in [0.25, 0.3) is 0 Å². The fourth-order valence-corrected chi connectivity index (χ4v) is 3.84. The van der Waals surface area contributed by atoms with Gasteiger partial charge in [-0.05, 0) is 58.1 Å². The lowest BCUT2D eigenvalue weighted by atomic mass is 10.1. The lowest BCUT2D eigenvalue weighted by Crippen LogP contribution is -2.36. The second kappa shape index (κ2) is 11.6. The summed E-state index contributed by atoms with van der Waals surface area (Å²) in [4.78, 5) is 11.4. The number of aliphatic carboxylic acids is 1. The van der Waals surface area contributed by atoms with E-state index in [-0.39, 0.29) is 0 Å². The Hall–Kier alpha value is -1.41. The molecular weight excluding hydrogens is 466 g/mol. The van der Waals surface area contributed by atoms with Crippen LogP contribution in [0.4, 0.5) is 0 Å². The smallest absolute Gasteiger partial charge is 0.320 e. The molecule has 0 saturated carbocycles. The van der Waals surface area contributed by atoms with Gasteiger partial charge in [0, 0.05) is 17.1 Å². The van der Waals surface area contributed by atoms with Gasteiger partial charge in [0.05, 0.1) is 11.6 Å². The molecule has 1 atom stereocenters. The summed E-state index contributed by atoms with van der Waals surface area (Å²) < 4.78 is 12.1. The van der Waals surface area contributed by atoms with Crippen LogP contribution in [0.1, 0.15) is 17.5 Å². The molecule has 0 aromatic heterocycles. The molecule has 0 spiro atoms. The third kappa shape index (κ3) is 6.58. The molecule has 1 unspecified atom stereocenters. The third-order valence-electron chi connectivity index (χ3n) is 4.08. The maximum absolute atomic E-state index is 11.4. The molecule has 0 aliphatic heterocycles. The van der Waals surface area contributed by atoms with Crippen LogP contribution in [0.3, 0.4) is 0 Å². The topological polar surface area (TPSA) is 67.8 Å². The van der Waals surface area contributed by atoms with E-state index in [1.54, 1.807) is 18.9 Å². The second-order valence-corrected chi connectivity index (χ2v) is 8.29. The number of rotatable bonds is 11. The average molecular weight is 489 g/mol. The maximum atomic E-state index is 11.4. The van der Waals surface area contributed by atoms with Crippen LogP contribution in [0.2, 0.25) is 5.02 Å². The van der Waals surface area contributed by atoms with Crippen molar-refractivity contribution < 1.29 is 19.4 Å². The van der Waals surface area contributed by atoms with Crippen molar-refractivity contribution in [1.29, 1.82) is 0 Å². The molecule has 152 valence electrons. The van der Waals surface area contributed by atoms with Crippen molar-refractivity contribution in [3.8, 4) is 11.5 Å². The molecule has 28 heavy (non-hydrogen) atoms. The van der Waals surface area contributed by atoms with E-state index in [1.807, 2.05) is 42.7 Å². The molecule has 0 bridgehead atoms. The quantitative estimate of drug-likeness (QED) is 0.465. The summed E-state index contributed by atoms with van der Waals surface area (Å²) in [6.45, 7) is 0.715. The summed E-state index contributed by atoms with van der Waals surface area (Å²) >= 11 is 11.3. The molecule has 0 radical (unpaired) electrons.